The summed E-state index contributed by atoms with van der Waals surface area (Å²) >= 11 is 12.2. The Morgan fingerprint density at radius 1 is 1.09 bits per heavy atom. The van der Waals surface area contributed by atoms with Gasteiger partial charge in [0.25, 0.3) is 0 Å². The summed E-state index contributed by atoms with van der Waals surface area (Å²) in [6.45, 7) is 5.26. The molecule has 6 nitrogen and oxygen atoms in total. The summed E-state index contributed by atoms with van der Waals surface area (Å²) < 4.78 is 11.2. The molecule has 8 heteroatoms. The number of H-pyrrole nitrogens is 1. The van der Waals surface area contributed by atoms with Gasteiger partial charge in [0.15, 0.2) is 5.90 Å². The molecule has 1 aliphatic heterocycles. The molecule has 1 fully saturated rings. The van der Waals surface area contributed by atoms with Gasteiger partial charge >= 0.3 is 0 Å². The molecule has 1 aliphatic rings. The van der Waals surface area contributed by atoms with E-state index in [0.717, 1.165) is 55.5 Å². The molecular formula is C25H28Cl2N4O2. The fraction of sp³-hybridized carbons (Fsp3) is 0.360. The number of halogens is 2. The van der Waals surface area contributed by atoms with Gasteiger partial charge in [-0.25, -0.2) is 0 Å². The van der Waals surface area contributed by atoms with Crippen molar-refractivity contribution in [3.05, 3.63) is 63.8 Å². The third kappa shape index (κ3) is 5.88. The summed E-state index contributed by atoms with van der Waals surface area (Å²) in [5.41, 5.74) is 2.68. The van der Waals surface area contributed by atoms with Crippen LogP contribution in [-0.4, -0.2) is 47.9 Å². The number of hydrogen-bond acceptors (Lipinski definition) is 5. The summed E-state index contributed by atoms with van der Waals surface area (Å²) in [6.07, 6.45) is 3.18. The molecule has 2 heterocycles. The zero-order valence-electron chi connectivity index (χ0n) is 18.6. The predicted molar refractivity (Wildman–Crippen MR) is 135 cm³/mol. The fourth-order valence-electron chi connectivity index (χ4n) is 4.31. The molecule has 3 aromatic rings. The van der Waals surface area contributed by atoms with Gasteiger partial charge in [0.05, 0.1) is 16.7 Å². The van der Waals surface area contributed by atoms with E-state index in [-0.39, 0.29) is 11.8 Å². The van der Waals surface area contributed by atoms with E-state index in [1.165, 1.54) is 12.5 Å². The minimum atomic E-state index is -0.0751. The Bertz CT molecular complexity index is 1150. The van der Waals surface area contributed by atoms with Crippen LogP contribution in [0.15, 0.2) is 42.5 Å². The first-order valence-electron chi connectivity index (χ1n) is 11.1. The van der Waals surface area contributed by atoms with Crippen molar-refractivity contribution in [3.8, 4) is 5.75 Å². The second-order valence-electron chi connectivity index (χ2n) is 8.38. The van der Waals surface area contributed by atoms with Crippen molar-refractivity contribution in [2.45, 2.75) is 32.1 Å². The first-order chi connectivity index (χ1) is 15.9. The molecular weight excluding hydrogens is 459 g/mol. The highest BCUT2D eigenvalue weighted by Gasteiger charge is 2.21. The highest BCUT2D eigenvalue weighted by Crippen LogP contribution is 2.32. The van der Waals surface area contributed by atoms with E-state index in [4.69, 9.17) is 43.5 Å². The lowest BCUT2D eigenvalue weighted by Crippen LogP contribution is -2.34. The molecule has 0 saturated carbocycles. The number of ether oxygens (including phenoxy) is 2. The average molecular weight is 487 g/mol. The molecule has 33 heavy (non-hydrogen) atoms. The van der Waals surface area contributed by atoms with Crippen LogP contribution in [0.25, 0.3) is 10.9 Å². The van der Waals surface area contributed by atoms with Crippen molar-refractivity contribution in [3.63, 3.8) is 0 Å². The third-order valence-electron chi connectivity index (χ3n) is 6.00. The van der Waals surface area contributed by atoms with Gasteiger partial charge in [-0.05, 0) is 74.2 Å². The van der Waals surface area contributed by atoms with Gasteiger partial charge in [-0.2, -0.15) is 0 Å². The minimum Gasteiger partial charge on any atom is -0.493 e. The van der Waals surface area contributed by atoms with E-state index in [2.05, 4.69) is 16.0 Å². The molecule has 0 aliphatic carbocycles. The van der Waals surface area contributed by atoms with Gasteiger partial charge in [0, 0.05) is 24.4 Å². The van der Waals surface area contributed by atoms with Gasteiger partial charge in [-0.15, -0.1) is 0 Å². The monoisotopic (exact) mass is 486 g/mol. The van der Waals surface area contributed by atoms with Gasteiger partial charge in [0.2, 0.25) is 5.90 Å². The summed E-state index contributed by atoms with van der Waals surface area (Å²) in [7, 11) is 0. The first-order valence-corrected chi connectivity index (χ1v) is 11.9. The van der Waals surface area contributed by atoms with Crippen molar-refractivity contribution < 1.29 is 9.47 Å². The average Bonchev–Trinajstić information content (AvgIpc) is 3.24. The smallest absolute Gasteiger partial charge is 0.237 e. The number of aromatic nitrogens is 1. The standard InChI is InChI=1S/C25H28Cl2N4O2/c1-16(28)33-25(29)23-15-19-22(30-23)4-2-5-24(19)32-13-3-10-31-11-8-17(9-12-31)18-6-7-20(26)21(27)14-18/h2,4-7,14-15,17,28-30H,3,8-13H2,1H3. The molecule has 174 valence electrons. The Morgan fingerprint density at radius 2 is 1.88 bits per heavy atom. The number of aromatic amines is 1. The molecule has 1 saturated heterocycles. The van der Waals surface area contributed by atoms with Crippen LogP contribution in [0.4, 0.5) is 0 Å². The van der Waals surface area contributed by atoms with E-state index in [1.54, 1.807) is 0 Å². The molecule has 4 rings (SSSR count). The van der Waals surface area contributed by atoms with Gasteiger partial charge in [-0.1, -0.05) is 35.3 Å². The van der Waals surface area contributed by atoms with E-state index >= 15 is 0 Å². The number of rotatable bonds is 7. The van der Waals surface area contributed by atoms with Crippen LogP contribution in [0.2, 0.25) is 10.0 Å². The molecule has 2 aromatic carbocycles. The quantitative estimate of drug-likeness (QED) is 0.203. The maximum Gasteiger partial charge on any atom is 0.237 e. The summed E-state index contributed by atoms with van der Waals surface area (Å²) in [6, 6.07) is 13.6. The van der Waals surface area contributed by atoms with Crippen LogP contribution in [0.1, 0.15) is 43.4 Å². The molecule has 0 atom stereocenters. The van der Waals surface area contributed by atoms with Crippen molar-refractivity contribution >= 4 is 45.9 Å². The highest BCUT2D eigenvalue weighted by molar-refractivity contribution is 6.42. The normalized spacial score (nSPS) is 15.0. The number of nitrogens with one attached hydrogen (secondary N) is 3. The van der Waals surface area contributed by atoms with Gasteiger partial charge in [0.1, 0.15) is 11.4 Å². The Morgan fingerprint density at radius 3 is 2.61 bits per heavy atom. The molecule has 1 aromatic heterocycles. The van der Waals surface area contributed by atoms with Crippen molar-refractivity contribution in [2.75, 3.05) is 26.2 Å². The van der Waals surface area contributed by atoms with Crippen molar-refractivity contribution in [2.24, 2.45) is 0 Å². The van der Waals surface area contributed by atoms with Crippen LogP contribution in [0.3, 0.4) is 0 Å². The summed E-state index contributed by atoms with van der Waals surface area (Å²) in [5.74, 6) is 1.23. The SMILES string of the molecule is CC(=N)OC(=N)c1cc2c(OCCCN3CCC(c4ccc(Cl)c(Cl)c4)CC3)cccc2[nH]1. The number of fused-ring (bicyclic) bond motifs is 1. The van der Waals surface area contributed by atoms with E-state index in [1.807, 2.05) is 36.4 Å². The number of hydrogen-bond donors (Lipinski definition) is 3. The topological polar surface area (TPSA) is 85.2 Å². The second kappa shape index (κ2) is 10.6. The Balaban J connectivity index is 1.25. The zero-order valence-corrected chi connectivity index (χ0v) is 20.1. The van der Waals surface area contributed by atoms with Crippen LogP contribution < -0.4 is 4.74 Å². The maximum absolute atomic E-state index is 7.98. The van der Waals surface area contributed by atoms with Crippen LogP contribution in [0, 0.1) is 10.8 Å². The lowest BCUT2D eigenvalue weighted by molar-refractivity contribution is 0.193. The first kappa shape index (κ1) is 23.6. The Kier molecular flexibility index (Phi) is 7.58. The molecule has 0 bridgehead atoms. The van der Waals surface area contributed by atoms with Gasteiger partial charge in [-0.3, -0.25) is 10.8 Å². The van der Waals surface area contributed by atoms with Crippen LogP contribution in [-0.2, 0) is 4.74 Å². The third-order valence-corrected chi connectivity index (χ3v) is 6.74. The molecule has 0 spiro atoms. The number of benzene rings is 2. The van der Waals surface area contributed by atoms with Gasteiger partial charge < -0.3 is 19.4 Å². The summed E-state index contributed by atoms with van der Waals surface area (Å²) in [4.78, 5) is 5.65. The second-order valence-corrected chi connectivity index (χ2v) is 9.19. The molecule has 0 radical (unpaired) electrons. The Hall–Kier alpha value is -2.54. The number of piperidine rings is 1. The van der Waals surface area contributed by atoms with E-state index in [0.29, 0.717) is 28.3 Å². The molecule has 3 N–H and O–H groups in total. The van der Waals surface area contributed by atoms with Crippen molar-refractivity contribution in [1.82, 2.24) is 9.88 Å². The van der Waals surface area contributed by atoms with Crippen molar-refractivity contribution in [1.29, 1.82) is 10.8 Å². The Labute approximate surface area is 203 Å². The summed E-state index contributed by atoms with van der Waals surface area (Å²) in [5, 5.41) is 17.5. The van der Waals surface area contributed by atoms with E-state index in [9.17, 15) is 0 Å². The lowest BCUT2D eigenvalue weighted by Gasteiger charge is -2.32. The minimum absolute atomic E-state index is 0.0175. The van der Waals surface area contributed by atoms with E-state index < -0.39 is 0 Å². The largest absolute Gasteiger partial charge is 0.493 e. The van der Waals surface area contributed by atoms with Crippen LogP contribution >= 0.6 is 23.2 Å². The lowest BCUT2D eigenvalue weighted by atomic mass is 9.89. The molecule has 0 unspecified atom stereocenters. The zero-order chi connectivity index (χ0) is 23.4. The number of nitrogens with zero attached hydrogens (tertiary/aromatic N) is 1. The maximum atomic E-state index is 7.98. The van der Waals surface area contributed by atoms with Crippen LogP contribution in [0.5, 0.6) is 5.75 Å². The fourth-order valence-corrected chi connectivity index (χ4v) is 4.62. The predicted octanol–water partition coefficient (Wildman–Crippen LogP) is 6.46. The highest BCUT2D eigenvalue weighted by atomic mass is 35.5. The molecule has 0 amide bonds. The number of likely N-dealkylation sites (tertiary alicyclic amines) is 1.